The predicted octanol–water partition coefficient (Wildman–Crippen LogP) is 1.74. The zero-order chi connectivity index (χ0) is 13.2. The van der Waals surface area contributed by atoms with E-state index in [2.05, 4.69) is 11.8 Å². The first-order valence-electron chi connectivity index (χ1n) is 6.58. The number of hydrogen-bond acceptors (Lipinski definition) is 4. The molecule has 0 spiro atoms. The first kappa shape index (κ1) is 14.8. The van der Waals surface area contributed by atoms with Gasteiger partial charge in [0.25, 0.3) is 0 Å². The molecule has 0 bridgehead atoms. The lowest BCUT2D eigenvalue weighted by Crippen LogP contribution is -2.29. The molecule has 0 fully saturated rings. The Morgan fingerprint density at radius 3 is 2.67 bits per heavy atom. The maximum Gasteiger partial charge on any atom is 0.142 e. The lowest BCUT2D eigenvalue weighted by atomic mass is 10.3. The number of nitrogen functional groups attached to an aromatic ring is 1. The average molecular weight is 252 g/mol. The number of aliphatic hydroxyl groups is 1. The Balaban J connectivity index is 2.23. The van der Waals surface area contributed by atoms with Crippen molar-refractivity contribution < 1.29 is 9.84 Å². The highest BCUT2D eigenvalue weighted by Gasteiger charge is 2.03. The van der Waals surface area contributed by atoms with E-state index in [1.165, 1.54) is 0 Å². The zero-order valence-corrected chi connectivity index (χ0v) is 11.1. The number of nitrogens with zero attached hydrogens (tertiary/aromatic N) is 1. The van der Waals surface area contributed by atoms with Crippen molar-refractivity contribution in [2.75, 3.05) is 38.6 Å². The van der Waals surface area contributed by atoms with Gasteiger partial charge in [0.15, 0.2) is 0 Å². The van der Waals surface area contributed by atoms with Crippen molar-refractivity contribution in [1.82, 2.24) is 4.90 Å². The highest BCUT2D eigenvalue weighted by Crippen LogP contribution is 2.19. The Labute approximate surface area is 109 Å². The molecule has 4 nitrogen and oxygen atoms in total. The van der Waals surface area contributed by atoms with Gasteiger partial charge in [0.2, 0.25) is 0 Å². The van der Waals surface area contributed by atoms with Crippen LogP contribution >= 0.6 is 0 Å². The van der Waals surface area contributed by atoms with E-state index in [-0.39, 0.29) is 6.61 Å². The fourth-order valence-corrected chi connectivity index (χ4v) is 1.88. The topological polar surface area (TPSA) is 58.7 Å². The molecule has 4 heteroatoms. The summed E-state index contributed by atoms with van der Waals surface area (Å²) in [7, 11) is 0. The van der Waals surface area contributed by atoms with Crippen LogP contribution in [-0.2, 0) is 0 Å². The predicted molar refractivity (Wildman–Crippen MR) is 74.8 cm³/mol. The number of benzene rings is 1. The molecule has 0 atom stereocenters. The summed E-state index contributed by atoms with van der Waals surface area (Å²) in [4.78, 5) is 2.25. The van der Waals surface area contributed by atoms with E-state index in [9.17, 15) is 0 Å². The van der Waals surface area contributed by atoms with Gasteiger partial charge in [0.1, 0.15) is 5.75 Å². The fourth-order valence-electron chi connectivity index (χ4n) is 1.88. The van der Waals surface area contributed by atoms with Gasteiger partial charge in [0.05, 0.1) is 18.9 Å². The summed E-state index contributed by atoms with van der Waals surface area (Å²) in [5.41, 5.74) is 6.47. The molecular formula is C14H24N2O2. The minimum atomic E-state index is 0.215. The number of aliphatic hydroxyl groups excluding tert-OH is 1. The lowest BCUT2D eigenvalue weighted by molar-refractivity contribution is 0.183. The van der Waals surface area contributed by atoms with Crippen molar-refractivity contribution in [2.45, 2.75) is 19.8 Å². The summed E-state index contributed by atoms with van der Waals surface area (Å²) in [6.45, 7) is 5.72. The summed E-state index contributed by atoms with van der Waals surface area (Å²) < 4.78 is 5.63. The average Bonchev–Trinajstić information content (AvgIpc) is 2.37. The maximum absolute atomic E-state index is 8.94. The molecule has 1 aromatic carbocycles. The Morgan fingerprint density at radius 1 is 1.22 bits per heavy atom. The maximum atomic E-state index is 8.94. The molecule has 0 amide bonds. The summed E-state index contributed by atoms with van der Waals surface area (Å²) in [5.74, 6) is 0.752. The van der Waals surface area contributed by atoms with Gasteiger partial charge in [-0.25, -0.2) is 0 Å². The van der Waals surface area contributed by atoms with E-state index >= 15 is 0 Å². The molecule has 0 saturated carbocycles. The monoisotopic (exact) mass is 252 g/mol. The zero-order valence-electron chi connectivity index (χ0n) is 11.1. The van der Waals surface area contributed by atoms with Crippen molar-refractivity contribution >= 4 is 5.69 Å². The third-order valence-electron chi connectivity index (χ3n) is 2.75. The Kier molecular flexibility index (Phi) is 7.22. The van der Waals surface area contributed by atoms with Gasteiger partial charge in [0, 0.05) is 13.1 Å². The van der Waals surface area contributed by atoms with E-state index in [4.69, 9.17) is 15.6 Å². The Bertz CT molecular complexity index is 325. The molecule has 3 N–H and O–H groups in total. The molecule has 0 radical (unpaired) electrons. The molecule has 1 rings (SSSR count). The molecule has 0 heterocycles. The van der Waals surface area contributed by atoms with Gasteiger partial charge in [-0.2, -0.15) is 0 Å². The van der Waals surface area contributed by atoms with Crippen molar-refractivity contribution in [3.8, 4) is 5.75 Å². The van der Waals surface area contributed by atoms with E-state index < -0.39 is 0 Å². The number of nitrogens with two attached hydrogens (primary N) is 1. The van der Waals surface area contributed by atoms with Crippen LogP contribution in [0.1, 0.15) is 19.8 Å². The minimum absolute atomic E-state index is 0.215. The smallest absolute Gasteiger partial charge is 0.142 e. The van der Waals surface area contributed by atoms with Gasteiger partial charge < -0.3 is 20.5 Å². The highest BCUT2D eigenvalue weighted by molar-refractivity contribution is 5.51. The van der Waals surface area contributed by atoms with Crippen LogP contribution in [0.3, 0.4) is 0 Å². The largest absolute Gasteiger partial charge is 0.491 e. The van der Waals surface area contributed by atoms with Crippen LogP contribution in [0.2, 0.25) is 0 Å². The van der Waals surface area contributed by atoms with Crippen LogP contribution in [-0.4, -0.2) is 42.9 Å². The number of ether oxygens (including phenoxy) is 1. The van der Waals surface area contributed by atoms with Crippen LogP contribution in [0, 0.1) is 0 Å². The SMILES string of the molecule is CCCN(CCO)CCCOc1ccccc1N. The van der Waals surface area contributed by atoms with Gasteiger partial charge in [-0.1, -0.05) is 19.1 Å². The fraction of sp³-hybridized carbons (Fsp3) is 0.571. The van der Waals surface area contributed by atoms with E-state index in [0.717, 1.165) is 38.2 Å². The summed E-state index contributed by atoms with van der Waals surface area (Å²) in [6, 6.07) is 7.53. The van der Waals surface area contributed by atoms with Crippen molar-refractivity contribution in [1.29, 1.82) is 0 Å². The van der Waals surface area contributed by atoms with Crippen molar-refractivity contribution in [3.05, 3.63) is 24.3 Å². The molecule has 0 aromatic heterocycles. The third kappa shape index (κ3) is 5.38. The van der Waals surface area contributed by atoms with Gasteiger partial charge in [-0.15, -0.1) is 0 Å². The van der Waals surface area contributed by atoms with E-state index in [1.807, 2.05) is 24.3 Å². The number of anilines is 1. The minimum Gasteiger partial charge on any atom is -0.491 e. The Morgan fingerprint density at radius 2 is 2.00 bits per heavy atom. The molecule has 102 valence electrons. The second-order valence-corrected chi connectivity index (χ2v) is 4.31. The Hall–Kier alpha value is -1.26. The second-order valence-electron chi connectivity index (χ2n) is 4.31. The summed E-state index contributed by atoms with van der Waals surface area (Å²) >= 11 is 0. The van der Waals surface area contributed by atoms with Crippen LogP contribution < -0.4 is 10.5 Å². The molecule has 0 unspecified atom stereocenters. The number of rotatable bonds is 9. The van der Waals surface area contributed by atoms with Crippen molar-refractivity contribution in [2.24, 2.45) is 0 Å². The van der Waals surface area contributed by atoms with E-state index in [1.54, 1.807) is 0 Å². The number of para-hydroxylation sites is 2. The second kappa shape index (κ2) is 8.78. The van der Waals surface area contributed by atoms with Crippen LogP contribution in [0.5, 0.6) is 5.75 Å². The van der Waals surface area contributed by atoms with Gasteiger partial charge >= 0.3 is 0 Å². The third-order valence-corrected chi connectivity index (χ3v) is 2.75. The lowest BCUT2D eigenvalue weighted by Gasteiger charge is -2.20. The van der Waals surface area contributed by atoms with Gasteiger partial charge in [-0.05, 0) is 31.5 Å². The molecule has 0 aliphatic rings. The molecule has 0 saturated heterocycles. The van der Waals surface area contributed by atoms with Crippen LogP contribution in [0.4, 0.5) is 5.69 Å². The molecule has 0 aliphatic carbocycles. The van der Waals surface area contributed by atoms with E-state index in [0.29, 0.717) is 12.3 Å². The number of hydrogen-bond donors (Lipinski definition) is 2. The molecular weight excluding hydrogens is 228 g/mol. The standard InChI is InChI=1S/C14H24N2O2/c1-2-8-16(10-11-17)9-5-12-18-14-7-4-3-6-13(14)15/h3-4,6-7,17H,2,5,8-12,15H2,1H3. The highest BCUT2D eigenvalue weighted by atomic mass is 16.5. The normalized spacial score (nSPS) is 10.8. The first-order valence-corrected chi connectivity index (χ1v) is 6.58. The van der Waals surface area contributed by atoms with Gasteiger partial charge in [-0.3, -0.25) is 0 Å². The summed E-state index contributed by atoms with van der Waals surface area (Å²) in [6.07, 6.45) is 2.04. The first-order chi connectivity index (χ1) is 8.77. The quantitative estimate of drug-likeness (QED) is 0.519. The van der Waals surface area contributed by atoms with Crippen LogP contribution in [0.15, 0.2) is 24.3 Å². The van der Waals surface area contributed by atoms with Crippen LogP contribution in [0.25, 0.3) is 0 Å². The molecule has 1 aromatic rings. The molecule has 18 heavy (non-hydrogen) atoms. The molecule has 0 aliphatic heterocycles. The summed E-state index contributed by atoms with van der Waals surface area (Å²) in [5, 5.41) is 8.94. The van der Waals surface area contributed by atoms with Crippen molar-refractivity contribution in [3.63, 3.8) is 0 Å².